The van der Waals surface area contributed by atoms with Crippen LogP contribution in [-0.2, 0) is 4.74 Å². The van der Waals surface area contributed by atoms with Crippen molar-refractivity contribution >= 4 is 22.7 Å². The van der Waals surface area contributed by atoms with Crippen LogP contribution in [0.4, 0.5) is 5.69 Å². The van der Waals surface area contributed by atoms with E-state index in [-0.39, 0.29) is 0 Å². The Morgan fingerprint density at radius 2 is 1.96 bits per heavy atom. The van der Waals surface area contributed by atoms with E-state index in [2.05, 4.69) is 11.9 Å². The molecule has 1 aliphatic rings. The molecule has 5 N–H and O–H groups in total. The van der Waals surface area contributed by atoms with Gasteiger partial charge in [0.2, 0.25) is 0 Å². The van der Waals surface area contributed by atoms with Crippen LogP contribution in [0.2, 0.25) is 0 Å². The molecule has 8 nitrogen and oxygen atoms in total. The summed E-state index contributed by atoms with van der Waals surface area (Å²) < 4.78 is 10.3. The zero-order valence-electron chi connectivity index (χ0n) is 13.2. The third-order valence-corrected chi connectivity index (χ3v) is 4.23. The van der Waals surface area contributed by atoms with Gasteiger partial charge in [0, 0.05) is 23.2 Å². The molecule has 1 aliphatic heterocycles. The molecule has 134 valence electrons. The van der Waals surface area contributed by atoms with Gasteiger partial charge in [-0.3, -0.25) is 0 Å². The number of fused-ring (bicyclic) bond motifs is 1. The normalized spacial score (nSPS) is 29.5. The molecule has 2 aromatic rings. The van der Waals surface area contributed by atoms with Crippen molar-refractivity contribution in [1.29, 1.82) is 0 Å². The molecule has 1 saturated heterocycles. The molecular formula is C17H19NO7. The molecule has 0 saturated carbocycles. The van der Waals surface area contributed by atoms with Crippen LogP contribution >= 0.6 is 0 Å². The van der Waals surface area contributed by atoms with E-state index in [1.54, 1.807) is 18.2 Å². The maximum atomic E-state index is 11.6. The second kappa shape index (κ2) is 6.95. The summed E-state index contributed by atoms with van der Waals surface area (Å²) in [6.07, 6.45) is -3.72. The van der Waals surface area contributed by atoms with Gasteiger partial charge in [0.25, 0.3) is 0 Å². The third kappa shape index (κ3) is 3.30. The molecule has 0 spiro atoms. The molecule has 5 atom stereocenters. The number of anilines is 1. The predicted molar refractivity (Wildman–Crippen MR) is 90.0 cm³/mol. The van der Waals surface area contributed by atoms with Crippen LogP contribution in [0, 0.1) is 0 Å². The smallest absolute Gasteiger partial charge is 0.336 e. The largest absolute Gasteiger partial charge is 0.423 e. The zero-order valence-corrected chi connectivity index (χ0v) is 13.2. The first kappa shape index (κ1) is 17.6. The highest BCUT2D eigenvalue weighted by molar-refractivity contribution is 5.88. The lowest BCUT2D eigenvalue weighted by molar-refractivity contribution is -0.245. The summed E-state index contributed by atoms with van der Waals surface area (Å²) >= 11 is 0. The molecule has 0 amide bonds. The minimum Gasteiger partial charge on any atom is -0.423 e. The van der Waals surface area contributed by atoms with Gasteiger partial charge < -0.3 is 34.9 Å². The van der Waals surface area contributed by atoms with Crippen molar-refractivity contribution in [1.82, 2.24) is 0 Å². The molecular weight excluding hydrogens is 330 g/mol. The van der Waals surface area contributed by atoms with Gasteiger partial charge in [-0.25, -0.2) is 4.79 Å². The van der Waals surface area contributed by atoms with E-state index >= 15 is 0 Å². The topological polar surface area (TPSA) is 132 Å². The Morgan fingerprint density at radius 3 is 2.64 bits per heavy atom. The maximum Gasteiger partial charge on any atom is 0.336 e. The van der Waals surface area contributed by atoms with Gasteiger partial charge in [-0.2, -0.15) is 0 Å². The standard InChI is InChI=1S/C17H19NO7/c1-2-8-5-13(20)24-11-6-9(3-4-10(8)11)18-14-16(22)15(21)12(7-19)25-17(14)23/h2-6,12,14-19,21-23H,1,7H2/t12?,14-,15+,16?,17?/m0/s1. The van der Waals surface area contributed by atoms with E-state index in [0.29, 0.717) is 22.2 Å². The van der Waals surface area contributed by atoms with E-state index in [1.807, 2.05) is 0 Å². The van der Waals surface area contributed by atoms with Crippen LogP contribution in [0.3, 0.4) is 0 Å². The average Bonchev–Trinajstić information content (AvgIpc) is 2.60. The van der Waals surface area contributed by atoms with Crippen LogP contribution in [-0.4, -0.2) is 57.7 Å². The molecule has 25 heavy (non-hydrogen) atoms. The lowest BCUT2D eigenvalue weighted by Crippen LogP contribution is -2.61. The average molecular weight is 349 g/mol. The maximum absolute atomic E-state index is 11.6. The molecule has 1 aromatic carbocycles. The van der Waals surface area contributed by atoms with Crippen molar-refractivity contribution in [3.8, 4) is 0 Å². The molecule has 2 heterocycles. The third-order valence-electron chi connectivity index (χ3n) is 4.23. The summed E-state index contributed by atoms with van der Waals surface area (Å²) in [7, 11) is 0. The summed E-state index contributed by atoms with van der Waals surface area (Å²) in [4.78, 5) is 11.6. The van der Waals surface area contributed by atoms with Crippen LogP contribution in [0.25, 0.3) is 17.0 Å². The highest BCUT2D eigenvalue weighted by atomic mass is 16.6. The fourth-order valence-corrected chi connectivity index (χ4v) is 2.89. The van der Waals surface area contributed by atoms with Gasteiger partial charge >= 0.3 is 5.63 Å². The van der Waals surface area contributed by atoms with Crippen LogP contribution in [0.5, 0.6) is 0 Å². The predicted octanol–water partition coefficient (Wildman–Crippen LogP) is -0.352. The molecule has 3 rings (SSSR count). The molecule has 1 fully saturated rings. The fourth-order valence-electron chi connectivity index (χ4n) is 2.89. The van der Waals surface area contributed by atoms with E-state index in [9.17, 15) is 20.1 Å². The summed E-state index contributed by atoms with van der Waals surface area (Å²) in [6.45, 7) is 3.12. The SMILES string of the molecule is C=Cc1cc(=O)oc2cc(N[C@@H]3C(O)OC(CO)[C@@H](O)C3O)ccc12. The summed E-state index contributed by atoms with van der Waals surface area (Å²) in [6, 6.07) is 5.19. The number of nitrogens with one attached hydrogen (secondary N) is 1. The molecule has 1 aromatic heterocycles. The summed E-state index contributed by atoms with van der Waals surface area (Å²) in [5.74, 6) is 0. The van der Waals surface area contributed by atoms with Gasteiger partial charge in [0.1, 0.15) is 29.9 Å². The van der Waals surface area contributed by atoms with Gasteiger partial charge in [0.15, 0.2) is 6.29 Å². The number of rotatable bonds is 4. The van der Waals surface area contributed by atoms with Gasteiger partial charge in [-0.15, -0.1) is 0 Å². The zero-order chi connectivity index (χ0) is 18.1. The Hall–Kier alpha value is -2.23. The van der Waals surface area contributed by atoms with E-state index < -0.39 is 42.9 Å². The Bertz CT molecular complexity index is 833. The van der Waals surface area contributed by atoms with Crippen molar-refractivity contribution in [3.05, 3.63) is 46.8 Å². The minimum atomic E-state index is -1.45. The molecule has 0 bridgehead atoms. The van der Waals surface area contributed by atoms with Gasteiger partial charge in [-0.05, 0) is 17.7 Å². The molecule has 0 radical (unpaired) electrons. The van der Waals surface area contributed by atoms with Crippen LogP contribution in [0.15, 0.2) is 40.1 Å². The number of benzene rings is 1. The van der Waals surface area contributed by atoms with Crippen molar-refractivity contribution < 1.29 is 29.6 Å². The van der Waals surface area contributed by atoms with E-state index in [0.717, 1.165) is 0 Å². The first-order valence-electron chi connectivity index (χ1n) is 7.72. The fraction of sp³-hybridized carbons (Fsp3) is 0.353. The Morgan fingerprint density at radius 1 is 1.20 bits per heavy atom. The molecule has 3 unspecified atom stereocenters. The van der Waals surface area contributed by atoms with Gasteiger partial charge in [0.05, 0.1) is 6.61 Å². The van der Waals surface area contributed by atoms with E-state index in [4.69, 9.17) is 14.3 Å². The van der Waals surface area contributed by atoms with Gasteiger partial charge in [-0.1, -0.05) is 12.7 Å². The minimum absolute atomic E-state index is 0.307. The van der Waals surface area contributed by atoms with Crippen molar-refractivity contribution in [2.75, 3.05) is 11.9 Å². The summed E-state index contributed by atoms with van der Waals surface area (Å²) in [5.41, 5.74) is 0.849. The summed E-state index contributed by atoms with van der Waals surface area (Å²) in [5, 5.41) is 42.7. The van der Waals surface area contributed by atoms with E-state index in [1.165, 1.54) is 12.1 Å². The van der Waals surface area contributed by atoms with Crippen molar-refractivity contribution in [3.63, 3.8) is 0 Å². The number of ether oxygens (including phenoxy) is 1. The first-order chi connectivity index (χ1) is 11.9. The van der Waals surface area contributed by atoms with Crippen molar-refractivity contribution in [2.45, 2.75) is 30.6 Å². The first-order valence-corrected chi connectivity index (χ1v) is 7.72. The Labute approximate surface area is 142 Å². The quantitative estimate of drug-likeness (QED) is 0.473. The lowest BCUT2D eigenvalue weighted by Gasteiger charge is -2.40. The van der Waals surface area contributed by atoms with Crippen LogP contribution < -0.4 is 10.9 Å². The lowest BCUT2D eigenvalue weighted by atomic mass is 9.96. The van der Waals surface area contributed by atoms with Crippen molar-refractivity contribution in [2.24, 2.45) is 0 Å². The molecule has 8 heteroatoms. The molecule has 0 aliphatic carbocycles. The number of hydrogen-bond acceptors (Lipinski definition) is 8. The Balaban J connectivity index is 1.90. The Kier molecular flexibility index (Phi) is 4.89. The monoisotopic (exact) mass is 349 g/mol. The highest BCUT2D eigenvalue weighted by Crippen LogP contribution is 2.26. The second-order valence-corrected chi connectivity index (χ2v) is 5.83. The second-order valence-electron chi connectivity index (χ2n) is 5.83. The number of aliphatic hydroxyl groups excluding tert-OH is 4. The van der Waals surface area contributed by atoms with Crippen LogP contribution in [0.1, 0.15) is 5.56 Å². The highest BCUT2D eigenvalue weighted by Gasteiger charge is 2.43. The number of hydrogen-bond donors (Lipinski definition) is 5. The number of aliphatic hydroxyl groups is 4.